The first-order valence-corrected chi connectivity index (χ1v) is 10.1. The van der Waals surface area contributed by atoms with E-state index in [1.54, 1.807) is 17.0 Å². The van der Waals surface area contributed by atoms with Crippen LogP contribution in [0.3, 0.4) is 0 Å². The number of hydrogen-bond donors (Lipinski definition) is 2. The molecule has 8 heteroatoms. The number of carbonyl (C=O) groups is 2. The summed E-state index contributed by atoms with van der Waals surface area (Å²) in [6.07, 6.45) is 0.787. The lowest BCUT2D eigenvalue weighted by atomic mass is 9.95. The van der Waals surface area contributed by atoms with Crippen molar-refractivity contribution in [2.75, 3.05) is 18.2 Å². The predicted molar refractivity (Wildman–Crippen MR) is 115 cm³/mol. The van der Waals surface area contributed by atoms with Gasteiger partial charge in [-0.15, -0.1) is 11.6 Å². The smallest absolute Gasteiger partial charge is 0.338 e. The number of alkyl halides is 1. The minimum absolute atomic E-state index is 0.0797. The molecule has 0 bridgehead atoms. The van der Waals surface area contributed by atoms with Gasteiger partial charge in [-0.1, -0.05) is 12.1 Å². The van der Waals surface area contributed by atoms with Gasteiger partial charge in [-0.3, -0.25) is 4.79 Å². The fraction of sp³-hybridized carbons (Fsp3) is 0.450. The van der Waals surface area contributed by atoms with Crippen molar-refractivity contribution in [3.05, 3.63) is 41.1 Å². The Morgan fingerprint density at radius 3 is 2.54 bits per heavy atom. The third kappa shape index (κ3) is 5.45. The summed E-state index contributed by atoms with van der Waals surface area (Å²) in [6.45, 7) is 5.48. The maximum atomic E-state index is 12.7. The van der Waals surface area contributed by atoms with Gasteiger partial charge in [0.15, 0.2) is 5.11 Å². The summed E-state index contributed by atoms with van der Waals surface area (Å²) in [5.74, 6) is -0.00335. The molecule has 1 aliphatic heterocycles. The Morgan fingerprint density at radius 1 is 1.32 bits per heavy atom. The number of nitrogens with zero attached hydrogens (tertiary/aromatic N) is 1. The molecule has 1 atom stereocenters. The largest absolute Gasteiger partial charge is 0.459 e. The zero-order valence-electron chi connectivity index (χ0n) is 16.5. The minimum atomic E-state index is -0.420. The van der Waals surface area contributed by atoms with Gasteiger partial charge >= 0.3 is 5.97 Å². The number of hydrogen-bond acceptors (Lipinski definition) is 4. The number of halogens is 1. The Balaban J connectivity index is 2.26. The summed E-state index contributed by atoms with van der Waals surface area (Å²) < 4.78 is 5.43. The van der Waals surface area contributed by atoms with Gasteiger partial charge in [0.1, 0.15) is 0 Å². The van der Waals surface area contributed by atoms with Gasteiger partial charge in [0, 0.05) is 30.7 Å². The van der Waals surface area contributed by atoms with E-state index in [1.165, 1.54) is 0 Å². The lowest BCUT2D eigenvalue weighted by molar-refractivity contribution is -0.143. The van der Waals surface area contributed by atoms with Crippen molar-refractivity contribution in [3.63, 3.8) is 0 Å². The van der Waals surface area contributed by atoms with E-state index in [9.17, 15) is 9.59 Å². The normalized spacial score (nSPS) is 16.9. The molecule has 1 heterocycles. The topological polar surface area (TPSA) is 70.7 Å². The third-order valence-electron chi connectivity index (χ3n) is 4.38. The lowest BCUT2D eigenvalue weighted by Gasteiger charge is -2.35. The van der Waals surface area contributed by atoms with Crippen molar-refractivity contribution in [1.29, 1.82) is 0 Å². The second-order valence-electron chi connectivity index (χ2n) is 6.86. The van der Waals surface area contributed by atoms with Gasteiger partial charge < -0.3 is 20.3 Å². The van der Waals surface area contributed by atoms with Crippen molar-refractivity contribution in [3.8, 4) is 0 Å². The van der Waals surface area contributed by atoms with Crippen molar-refractivity contribution in [2.45, 2.75) is 45.8 Å². The van der Waals surface area contributed by atoms with Gasteiger partial charge in [0.25, 0.3) is 0 Å². The third-order valence-corrected chi connectivity index (χ3v) is 5.04. The zero-order chi connectivity index (χ0) is 20.8. The Labute approximate surface area is 176 Å². The molecule has 0 aromatic heterocycles. The van der Waals surface area contributed by atoms with Crippen LogP contribution in [0, 0.1) is 0 Å². The summed E-state index contributed by atoms with van der Waals surface area (Å²) in [4.78, 5) is 26.3. The highest BCUT2D eigenvalue weighted by Crippen LogP contribution is 2.31. The van der Waals surface area contributed by atoms with E-state index in [-0.39, 0.29) is 18.0 Å². The molecular weight excluding hydrogens is 398 g/mol. The van der Waals surface area contributed by atoms with Crippen LogP contribution in [0.25, 0.3) is 0 Å². The Bertz CT molecular complexity index is 777. The molecule has 1 aromatic rings. The van der Waals surface area contributed by atoms with Crippen molar-refractivity contribution < 1.29 is 14.3 Å². The number of ether oxygens (including phenoxy) is 1. The number of thiocarbonyl (C=S) groups is 1. The van der Waals surface area contributed by atoms with Gasteiger partial charge in [0.05, 0.1) is 17.7 Å². The maximum Gasteiger partial charge on any atom is 0.338 e. The summed E-state index contributed by atoms with van der Waals surface area (Å²) in [7, 11) is 1.81. The highest BCUT2D eigenvalue weighted by atomic mass is 35.5. The van der Waals surface area contributed by atoms with E-state index in [2.05, 4.69) is 10.6 Å². The molecule has 0 aliphatic carbocycles. The van der Waals surface area contributed by atoms with E-state index in [1.807, 2.05) is 40.0 Å². The number of allylic oxidation sites excluding steroid dienone is 1. The molecule has 0 radical (unpaired) electrons. The number of esters is 1. The number of carbonyl (C=O) groups excluding carboxylic acids is 2. The molecule has 1 amide bonds. The van der Waals surface area contributed by atoms with Crippen LogP contribution in [-0.4, -0.2) is 40.9 Å². The predicted octanol–water partition coefficient (Wildman–Crippen LogP) is 3.73. The fourth-order valence-electron chi connectivity index (χ4n) is 2.84. The lowest BCUT2D eigenvalue weighted by Crippen LogP contribution is -2.46. The number of anilines is 1. The van der Waals surface area contributed by atoms with Crippen LogP contribution in [0.5, 0.6) is 0 Å². The molecule has 1 aromatic carbocycles. The van der Waals surface area contributed by atoms with E-state index in [4.69, 9.17) is 28.6 Å². The van der Waals surface area contributed by atoms with Crippen molar-refractivity contribution in [2.24, 2.45) is 0 Å². The van der Waals surface area contributed by atoms with Crippen LogP contribution in [0.1, 0.15) is 45.2 Å². The summed E-state index contributed by atoms with van der Waals surface area (Å²) >= 11 is 11.0. The van der Waals surface area contributed by atoms with E-state index >= 15 is 0 Å². The van der Waals surface area contributed by atoms with Crippen LogP contribution in [-0.2, 0) is 14.3 Å². The van der Waals surface area contributed by atoms with Crippen LogP contribution in [0.15, 0.2) is 35.5 Å². The molecular formula is C20H26ClN3O3S. The first kappa shape index (κ1) is 22.2. The van der Waals surface area contributed by atoms with Crippen molar-refractivity contribution in [1.82, 2.24) is 10.2 Å². The summed E-state index contributed by atoms with van der Waals surface area (Å²) in [5, 5.41) is 6.57. The van der Waals surface area contributed by atoms with Gasteiger partial charge in [-0.2, -0.15) is 0 Å². The molecule has 2 N–H and O–H groups in total. The van der Waals surface area contributed by atoms with Crippen molar-refractivity contribution >= 4 is 46.5 Å². The number of rotatable bonds is 7. The average Bonchev–Trinajstić information content (AvgIpc) is 2.64. The van der Waals surface area contributed by atoms with E-state index in [0.717, 1.165) is 11.3 Å². The molecule has 0 spiro atoms. The number of amides is 1. The Kier molecular flexibility index (Phi) is 7.83. The molecule has 2 rings (SSSR count). The SMILES string of the molecule is CC1=C(C(=O)OC(C)C)[C@H](c2ccc(NC(=O)CCCCl)cc2)NC(=S)N1C. The number of nitrogens with one attached hydrogen (secondary N) is 2. The second kappa shape index (κ2) is 9.89. The fourth-order valence-corrected chi connectivity index (χ4v) is 3.23. The van der Waals surface area contributed by atoms with E-state index in [0.29, 0.717) is 35.1 Å². The highest BCUT2D eigenvalue weighted by Gasteiger charge is 2.33. The first-order valence-electron chi connectivity index (χ1n) is 9.16. The molecule has 0 unspecified atom stereocenters. The first-order chi connectivity index (χ1) is 13.2. The summed E-state index contributed by atoms with van der Waals surface area (Å²) in [5.41, 5.74) is 2.80. The average molecular weight is 424 g/mol. The maximum absolute atomic E-state index is 12.7. The Hall–Kier alpha value is -2.12. The number of benzene rings is 1. The monoisotopic (exact) mass is 423 g/mol. The van der Waals surface area contributed by atoms with Gasteiger partial charge in [0.2, 0.25) is 5.91 Å². The molecule has 0 fully saturated rings. The van der Waals surface area contributed by atoms with Crippen LogP contribution < -0.4 is 10.6 Å². The quantitative estimate of drug-likeness (QED) is 0.395. The second-order valence-corrected chi connectivity index (χ2v) is 7.62. The standard InChI is InChI=1S/C20H26ClN3O3S/c1-12(2)27-19(26)17-13(3)24(4)20(28)23-18(17)14-7-9-15(10-8-14)22-16(25)6-5-11-21/h7-10,12,18H,5-6,11H2,1-4H3,(H,22,25)(H,23,28)/t18-/m0/s1. The molecule has 6 nitrogen and oxygen atoms in total. The van der Waals surface area contributed by atoms with Gasteiger partial charge in [-0.25, -0.2) is 4.79 Å². The van der Waals surface area contributed by atoms with Crippen LogP contribution >= 0.6 is 23.8 Å². The molecule has 1 aliphatic rings. The van der Waals surface area contributed by atoms with Gasteiger partial charge in [-0.05, 0) is 57.1 Å². The Morgan fingerprint density at radius 2 is 1.96 bits per heavy atom. The zero-order valence-corrected chi connectivity index (χ0v) is 18.1. The minimum Gasteiger partial charge on any atom is -0.459 e. The molecule has 0 saturated carbocycles. The van der Waals surface area contributed by atoms with Crippen LogP contribution in [0.2, 0.25) is 0 Å². The van der Waals surface area contributed by atoms with E-state index < -0.39 is 6.04 Å². The molecule has 152 valence electrons. The highest BCUT2D eigenvalue weighted by molar-refractivity contribution is 7.80. The molecule has 0 saturated heterocycles. The summed E-state index contributed by atoms with van der Waals surface area (Å²) in [6, 6.07) is 6.91. The van der Waals surface area contributed by atoms with Crippen LogP contribution in [0.4, 0.5) is 5.69 Å². The molecule has 28 heavy (non-hydrogen) atoms.